The molecule has 0 aromatic heterocycles. The first-order valence-electron chi connectivity index (χ1n) is 6.31. The molecule has 1 aliphatic rings. The van der Waals surface area contributed by atoms with Crippen LogP contribution in [0, 0.1) is 0 Å². The summed E-state index contributed by atoms with van der Waals surface area (Å²) in [5.41, 5.74) is 0.460. The molecular formula is C14H15BrN2O4. The zero-order chi connectivity index (χ0) is 15.6. The molecule has 1 aliphatic heterocycles. The number of Topliss-reactive ketones (excluding diaryl/α,β-unsaturated/α-hetero) is 1. The second-order valence-corrected chi connectivity index (χ2v) is 5.63. The standard InChI is InChI=1S/C14H15BrN2O4/c1-16-7-14(20)17(8-13(16)19)6-11(18)9-3-4-12(21-2)10(15)5-9/h3-5H,6-8H2,1-2H3. The van der Waals surface area contributed by atoms with Crippen molar-refractivity contribution in [1.29, 1.82) is 0 Å². The van der Waals surface area contributed by atoms with Crippen LogP contribution in [-0.4, -0.2) is 61.2 Å². The molecule has 21 heavy (non-hydrogen) atoms. The quantitative estimate of drug-likeness (QED) is 0.754. The van der Waals surface area contributed by atoms with Crippen LogP contribution in [0.3, 0.4) is 0 Å². The molecule has 6 nitrogen and oxygen atoms in total. The van der Waals surface area contributed by atoms with Crippen LogP contribution in [0.5, 0.6) is 5.75 Å². The van der Waals surface area contributed by atoms with Gasteiger partial charge in [-0.05, 0) is 34.1 Å². The molecule has 0 aliphatic carbocycles. The number of amides is 2. The van der Waals surface area contributed by atoms with Crippen LogP contribution in [0.25, 0.3) is 0 Å². The van der Waals surface area contributed by atoms with Gasteiger partial charge in [0, 0.05) is 12.6 Å². The lowest BCUT2D eigenvalue weighted by atomic mass is 10.1. The molecule has 0 saturated carbocycles. The van der Waals surface area contributed by atoms with Gasteiger partial charge < -0.3 is 14.5 Å². The summed E-state index contributed by atoms with van der Waals surface area (Å²) in [5, 5.41) is 0. The topological polar surface area (TPSA) is 66.9 Å². The number of benzene rings is 1. The molecule has 7 heteroatoms. The van der Waals surface area contributed by atoms with Crippen LogP contribution < -0.4 is 4.74 Å². The van der Waals surface area contributed by atoms with E-state index in [1.165, 1.54) is 16.9 Å². The van der Waals surface area contributed by atoms with Gasteiger partial charge in [0.2, 0.25) is 11.8 Å². The van der Waals surface area contributed by atoms with Crippen LogP contribution in [0.2, 0.25) is 0 Å². The lowest BCUT2D eigenvalue weighted by molar-refractivity contribution is -0.148. The zero-order valence-corrected chi connectivity index (χ0v) is 13.3. The van der Waals surface area contributed by atoms with Crippen molar-refractivity contribution in [3.05, 3.63) is 28.2 Å². The third kappa shape index (κ3) is 3.41. The molecule has 2 rings (SSSR count). The van der Waals surface area contributed by atoms with E-state index < -0.39 is 0 Å². The summed E-state index contributed by atoms with van der Waals surface area (Å²) in [6, 6.07) is 4.95. The highest BCUT2D eigenvalue weighted by molar-refractivity contribution is 9.10. The lowest BCUT2D eigenvalue weighted by Gasteiger charge is -2.31. The number of carbonyl (C=O) groups excluding carboxylic acids is 3. The van der Waals surface area contributed by atoms with Crippen molar-refractivity contribution in [3.8, 4) is 5.75 Å². The monoisotopic (exact) mass is 354 g/mol. The van der Waals surface area contributed by atoms with Gasteiger partial charge in [0.1, 0.15) is 12.3 Å². The van der Waals surface area contributed by atoms with Gasteiger partial charge in [-0.2, -0.15) is 0 Å². The largest absolute Gasteiger partial charge is 0.496 e. The smallest absolute Gasteiger partial charge is 0.243 e. The van der Waals surface area contributed by atoms with E-state index in [0.717, 1.165) is 0 Å². The Hall–Kier alpha value is -1.89. The summed E-state index contributed by atoms with van der Waals surface area (Å²) in [5.74, 6) is 0.0118. The fraction of sp³-hybridized carbons (Fsp3) is 0.357. The first-order valence-corrected chi connectivity index (χ1v) is 7.10. The highest BCUT2D eigenvalue weighted by atomic mass is 79.9. The van der Waals surface area contributed by atoms with Crippen LogP contribution in [0.4, 0.5) is 0 Å². The predicted molar refractivity (Wildman–Crippen MR) is 79.2 cm³/mol. The average Bonchev–Trinajstić information content (AvgIpc) is 2.44. The number of rotatable bonds is 4. The van der Waals surface area contributed by atoms with E-state index in [0.29, 0.717) is 15.8 Å². The lowest BCUT2D eigenvalue weighted by Crippen LogP contribution is -2.53. The van der Waals surface area contributed by atoms with E-state index in [4.69, 9.17) is 4.74 Å². The van der Waals surface area contributed by atoms with Crippen molar-refractivity contribution < 1.29 is 19.1 Å². The Labute approximate surface area is 130 Å². The number of ether oxygens (including phenoxy) is 1. The molecule has 1 saturated heterocycles. The number of piperazine rings is 1. The van der Waals surface area contributed by atoms with Crippen LogP contribution in [0.15, 0.2) is 22.7 Å². The van der Waals surface area contributed by atoms with Crippen molar-refractivity contribution >= 4 is 33.5 Å². The first kappa shape index (κ1) is 15.5. The molecule has 0 spiro atoms. The summed E-state index contributed by atoms with van der Waals surface area (Å²) < 4.78 is 5.76. The zero-order valence-electron chi connectivity index (χ0n) is 11.8. The van der Waals surface area contributed by atoms with Crippen molar-refractivity contribution in [2.24, 2.45) is 0 Å². The molecule has 2 amide bonds. The Morgan fingerprint density at radius 1 is 1.29 bits per heavy atom. The Balaban J connectivity index is 2.09. The Morgan fingerprint density at radius 3 is 2.62 bits per heavy atom. The fourth-order valence-corrected chi connectivity index (χ4v) is 2.55. The maximum absolute atomic E-state index is 12.2. The normalized spacial score (nSPS) is 15.4. The molecule has 0 bridgehead atoms. The number of hydrogen-bond donors (Lipinski definition) is 0. The van der Waals surface area contributed by atoms with E-state index >= 15 is 0 Å². The minimum absolute atomic E-state index is 0.0123. The summed E-state index contributed by atoms with van der Waals surface area (Å²) in [6.45, 7) is -0.145. The fourth-order valence-electron chi connectivity index (χ4n) is 2.01. The number of carbonyl (C=O) groups is 3. The molecule has 0 N–H and O–H groups in total. The molecule has 0 unspecified atom stereocenters. The SMILES string of the molecule is COc1ccc(C(=O)CN2CC(=O)N(C)CC2=O)cc1Br. The second-order valence-electron chi connectivity index (χ2n) is 4.77. The van der Waals surface area contributed by atoms with Gasteiger partial charge in [0.15, 0.2) is 5.78 Å². The van der Waals surface area contributed by atoms with Crippen molar-refractivity contribution in [1.82, 2.24) is 9.80 Å². The van der Waals surface area contributed by atoms with Gasteiger partial charge in [-0.15, -0.1) is 0 Å². The second kappa shape index (κ2) is 6.26. The van der Waals surface area contributed by atoms with Gasteiger partial charge >= 0.3 is 0 Å². The minimum Gasteiger partial charge on any atom is -0.496 e. The number of nitrogens with zero attached hydrogens (tertiary/aromatic N) is 2. The van der Waals surface area contributed by atoms with Crippen LogP contribution in [-0.2, 0) is 9.59 Å². The van der Waals surface area contributed by atoms with Gasteiger partial charge in [-0.1, -0.05) is 0 Å². The highest BCUT2D eigenvalue weighted by Crippen LogP contribution is 2.25. The molecule has 1 heterocycles. The van der Waals surface area contributed by atoms with Crippen molar-refractivity contribution in [2.75, 3.05) is 33.8 Å². The maximum Gasteiger partial charge on any atom is 0.243 e. The minimum atomic E-state index is -0.224. The molecule has 1 aromatic rings. The third-order valence-corrected chi connectivity index (χ3v) is 3.90. The number of ketones is 1. The molecule has 0 radical (unpaired) electrons. The van der Waals surface area contributed by atoms with Crippen LogP contribution in [0.1, 0.15) is 10.4 Å². The molecular weight excluding hydrogens is 340 g/mol. The van der Waals surface area contributed by atoms with E-state index in [2.05, 4.69) is 15.9 Å². The molecule has 1 fully saturated rings. The van der Waals surface area contributed by atoms with Gasteiger partial charge in [-0.3, -0.25) is 14.4 Å². The third-order valence-electron chi connectivity index (χ3n) is 3.29. The number of hydrogen-bond acceptors (Lipinski definition) is 4. The summed E-state index contributed by atoms with van der Waals surface area (Å²) in [7, 11) is 3.11. The van der Waals surface area contributed by atoms with E-state index in [-0.39, 0.29) is 37.2 Å². The Bertz CT molecular complexity index is 603. The number of likely N-dealkylation sites (N-methyl/N-ethyl adjacent to an activating group) is 1. The Kier molecular flexibility index (Phi) is 4.62. The maximum atomic E-state index is 12.2. The van der Waals surface area contributed by atoms with Gasteiger partial charge in [0.25, 0.3) is 0 Å². The van der Waals surface area contributed by atoms with Crippen molar-refractivity contribution in [2.45, 2.75) is 0 Å². The number of methoxy groups -OCH3 is 1. The molecule has 1 aromatic carbocycles. The average molecular weight is 355 g/mol. The van der Waals surface area contributed by atoms with Crippen molar-refractivity contribution in [3.63, 3.8) is 0 Å². The molecule has 0 atom stereocenters. The predicted octanol–water partition coefficient (Wildman–Crippen LogP) is 0.941. The summed E-state index contributed by atoms with van der Waals surface area (Å²) in [4.78, 5) is 38.3. The Morgan fingerprint density at radius 2 is 2.00 bits per heavy atom. The number of halogens is 1. The van der Waals surface area contributed by atoms with E-state index in [9.17, 15) is 14.4 Å². The van der Waals surface area contributed by atoms with E-state index in [1.807, 2.05) is 0 Å². The summed E-state index contributed by atoms with van der Waals surface area (Å²) >= 11 is 3.31. The summed E-state index contributed by atoms with van der Waals surface area (Å²) in [6.07, 6.45) is 0. The van der Waals surface area contributed by atoms with Gasteiger partial charge in [0.05, 0.1) is 24.7 Å². The van der Waals surface area contributed by atoms with Gasteiger partial charge in [-0.25, -0.2) is 0 Å². The molecule has 112 valence electrons. The van der Waals surface area contributed by atoms with Crippen LogP contribution >= 0.6 is 15.9 Å². The highest BCUT2D eigenvalue weighted by Gasteiger charge is 2.29. The van der Waals surface area contributed by atoms with E-state index in [1.54, 1.807) is 25.2 Å². The first-order chi connectivity index (χ1) is 9.92.